The van der Waals surface area contributed by atoms with Gasteiger partial charge in [0.05, 0.1) is 26.0 Å². The van der Waals surface area contributed by atoms with Gasteiger partial charge in [-0.1, -0.05) is 54.2 Å². The molecule has 0 aliphatic carbocycles. The number of thioether (sulfide) groups is 1. The Morgan fingerprint density at radius 2 is 1.72 bits per heavy atom. The van der Waals surface area contributed by atoms with Crippen LogP contribution in [-0.4, -0.2) is 35.5 Å². The minimum absolute atomic E-state index is 0.135. The van der Waals surface area contributed by atoms with Crippen LogP contribution in [0.4, 0.5) is 4.79 Å². The van der Waals surface area contributed by atoms with Crippen LogP contribution in [0.25, 0.3) is 10.8 Å². The Morgan fingerprint density at radius 1 is 0.966 bits per heavy atom. The summed E-state index contributed by atoms with van der Waals surface area (Å²) < 4.78 is 11.2. The zero-order valence-electron chi connectivity index (χ0n) is 16.1. The SMILES string of the molecule is COc1ccc(CCOc2ccc(CN3C(=O)CSC3=O)c3ccccc23)cc1. The number of fused-ring (bicyclic) bond motifs is 1. The highest BCUT2D eigenvalue weighted by Crippen LogP contribution is 2.31. The lowest BCUT2D eigenvalue weighted by atomic mass is 10.0. The number of rotatable bonds is 7. The number of hydrogen-bond donors (Lipinski definition) is 0. The predicted octanol–water partition coefficient (Wildman–Crippen LogP) is 4.67. The van der Waals surface area contributed by atoms with Crippen LogP contribution in [-0.2, 0) is 17.8 Å². The van der Waals surface area contributed by atoms with E-state index in [4.69, 9.17) is 9.47 Å². The normalized spacial score (nSPS) is 13.9. The van der Waals surface area contributed by atoms with E-state index < -0.39 is 0 Å². The number of nitrogens with zero attached hydrogens (tertiary/aromatic N) is 1. The van der Waals surface area contributed by atoms with Gasteiger partial charge in [0.2, 0.25) is 5.91 Å². The van der Waals surface area contributed by atoms with E-state index in [2.05, 4.69) is 0 Å². The van der Waals surface area contributed by atoms with Crippen LogP contribution < -0.4 is 9.47 Å². The monoisotopic (exact) mass is 407 g/mol. The van der Waals surface area contributed by atoms with E-state index in [9.17, 15) is 9.59 Å². The van der Waals surface area contributed by atoms with Crippen molar-refractivity contribution in [2.24, 2.45) is 0 Å². The van der Waals surface area contributed by atoms with Gasteiger partial charge in [0, 0.05) is 11.8 Å². The molecule has 3 aromatic rings. The Bertz CT molecular complexity index is 1030. The van der Waals surface area contributed by atoms with E-state index in [0.717, 1.165) is 46.0 Å². The zero-order valence-corrected chi connectivity index (χ0v) is 16.9. The molecule has 1 fully saturated rings. The number of amides is 2. The molecule has 0 radical (unpaired) electrons. The van der Waals surface area contributed by atoms with Gasteiger partial charge in [0.1, 0.15) is 11.5 Å². The molecule has 6 heteroatoms. The van der Waals surface area contributed by atoms with Gasteiger partial charge < -0.3 is 9.47 Å². The fraction of sp³-hybridized carbons (Fsp3) is 0.217. The second-order valence-corrected chi connectivity index (χ2v) is 7.68. The molecule has 148 valence electrons. The number of imide groups is 1. The molecule has 0 spiro atoms. The molecule has 0 unspecified atom stereocenters. The lowest BCUT2D eigenvalue weighted by Gasteiger charge is -2.16. The van der Waals surface area contributed by atoms with E-state index in [1.165, 1.54) is 10.5 Å². The molecule has 29 heavy (non-hydrogen) atoms. The highest BCUT2D eigenvalue weighted by molar-refractivity contribution is 8.14. The summed E-state index contributed by atoms with van der Waals surface area (Å²) in [6, 6.07) is 19.7. The van der Waals surface area contributed by atoms with E-state index in [1.54, 1.807) is 7.11 Å². The minimum Gasteiger partial charge on any atom is -0.497 e. The third-order valence-corrected chi connectivity index (χ3v) is 5.81. The Kier molecular flexibility index (Phi) is 5.71. The number of methoxy groups -OCH3 is 1. The molecule has 2 amide bonds. The molecule has 1 aliphatic rings. The van der Waals surface area contributed by atoms with Gasteiger partial charge in [-0.3, -0.25) is 14.5 Å². The van der Waals surface area contributed by atoms with E-state index in [1.807, 2.05) is 60.7 Å². The quantitative estimate of drug-likeness (QED) is 0.570. The first-order valence-corrected chi connectivity index (χ1v) is 10.4. The lowest BCUT2D eigenvalue weighted by molar-refractivity contribution is -0.124. The highest BCUT2D eigenvalue weighted by Gasteiger charge is 2.30. The smallest absolute Gasteiger partial charge is 0.289 e. The summed E-state index contributed by atoms with van der Waals surface area (Å²) in [6.45, 7) is 0.840. The van der Waals surface area contributed by atoms with Gasteiger partial charge in [-0.15, -0.1) is 0 Å². The van der Waals surface area contributed by atoms with Gasteiger partial charge in [-0.2, -0.15) is 0 Å². The molecule has 0 atom stereocenters. The molecular formula is C23H21NO4S. The molecule has 3 aromatic carbocycles. The van der Waals surface area contributed by atoms with Crippen molar-refractivity contribution in [2.75, 3.05) is 19.5 Å². The van der Waals surface area contributed by atoms with E-state index >= 15 is 0 Å². The summed E-state index contributed by atoms with van der Waals surface area (Å²) in [5.74, 6) is 1.73. The van der Waals surface area contributed by atoms with Crippen molar-refractivity contribution in [3.05, 3.63) is 71.8 Å². The first-order chi connectivity index (χ1) is 14.2. The van der Waals surface area contributed by atoms with Crippen molar-refractivity contribution in [3.8, 4) is 11.5 Å². The standard InChI is InChI=1S/C23H21NO4S/c1-27-18-9-6-16(7-10-18)12-13-28-21-11-8-17(19-4-2-3-5-20(19)21)14-24-22(25)15-29-23(24)26/h2-11H,12-15H2,1H3. The van der Waals surface area contributed by atoms with E-state index in [0.29, 0.717) is 6.61 Å². The average molecular weight is 407 g/mol. The summed E-state index contributed by atoms with van der Waals surface area (Å²) in [7, 11) is 1.65. The molecule has 5 nitrogen and oxygen atoms in total. The molecule has 1 heterocycles. The molecule has 1 saturated heterocycles. The second-order valence-electron chi connectivity index (χ2n) is 6.75. The van der Waals surface area contributed by atoms with Gasteiger partial charge >= 0.3 is 0 Å². The van der Waals surface area contributed by atoms with Crippen LogP contribution in [0, 0.1) is 0 Å². The van der Waals surface area contributed by atoms with Crippen LogP contribution in [0.2, 0.25) is 0 Å². The zero-order chi connectivity index (χ0) is 20.2. The molecule has 0 saturated carbocycles. The van der Waals surface area contributed by atoms with E-state index in [-0.39, 0.29) is 23.4 Å². The maximum atomic E-state index is 12.0. The van der Waals surface area contributed by atoms with Crippen LogP contribution >= 0.6 is 11.8 Å². The topological polar surface area (TPSA) is 55.8 Å². The number of ether oxygens (including phenoxy) is 2. The second kappa shape index (κ2) is 8.57. The molecule has 0 bridgehead atoms. The van der Waals surface area contributed by atoms with Crippen molar-refractivity contribution in [1.82, 2.24) is 4.90 Å². The minimum atomic E-state index is -0.182. The predicted molar refractivity (Wildman–Crippen MR) is 115 cm³/mol. The molecule has 0 aromatic heterocycles. The molecule has 0 N–H and O–H groups in total. The van der Waals surface area contributed by atoms with Crippen molar-refractivity contribution >= 4 is 33.7 Å². The summed E-state index contributed by atoms with van der Waals surface area (Å²) in [5.41, 5.74) is 2.11. The largest absolute Gasteiger partial charge is 0.497 e. The van der Waals surface area contributed by atoms with Gasteiger partial charge in [0.25, 0.3) is 5.24 Å². The van der Waals surface area contributed by atoms with Crippen LogP contribution in [0.3, 0.4) is 0 Å². The summed E-state index contributed by atoms with van der Waals surface area (Å²) >= 11 is 1.06. The molecule has 4 rings (SSSR count). The average Bonchev–Trinajstić information content (AvgIpc) is 3.07. The lowest BCUT2D eigenvalue weighted by Crippen LogP contribution is -2.28. The first kappa shape index (κ1) is 19.3. The Hall–Kier alpha value is -2.99. The number of hydrogen-bond acceptors (Lipinski definition) is 5. The number of carbonyl (C=O) groups is 2. The third-order valence-electron chi connectivity index (χ3n) is 4.95. The third kappa shape index (κ3) is 4.22. The van der Waals surface area contributed by atoms with Crippen molar-refractivity contribution in [2.45, 2.75) is 13.0 Å². The van der Waals surface area contributed by atoms with Crippen LogP contribution in [0.1, 0.15) is 11.1 Å². The fourth-order valence-corrected chi connectivity index (χ4v) is 4.10. The highest BCUT2D eigenvalue weighted by atomic mass is 32.2. The maximum Gasteiger partial charge on any atom is 0.289 e. The maximum absolute atomic E-state index is 12.0. The van der Waals surface area contributed by atoms with Crippen molar-refractivity contribution in [3.63, 3.8) is 0 Å². The summed E-state index contributed by atoms with van der Waals surface area (Å²) in [6.07, 6.45) is 0.786. The van der Waals surface area contributed by atoms with Gasteiger partial charge in [-0.05, 0) is 34.7 Å². The summed E-state index contributed by atoms with van der Waals surface area (Å²) in [4.78, 5) is 25.2. The Labute approximate surface area is 173 Å². The van der Waals surface area contributed by atoms with Gasteiger partial charge in [0.15, 0.2) is 0 Å². The Morgan fingerprint density at radius 3 is 2.41 bits per heavy atom. The number of carbonyl (C=O) groups excluding carboxylic acids is 2. The summed E-state index contributed by atoms with van der Waals surface area (Å²) in [5, 5.41) is 1.79. The fourth-order valence-electron chi connectivity index (χ4n) is 3.37. The molecule has 1 aliphatic heterocycles. The van der Waals surface area contributed by atoms with Crippen molar-refractivity contribution < 1.29 is 19.1 Å². The van der Waals surface area contributed by atoms with Crippen LogP contribution in [0.15, 0.2) is 60.7 Å². The van der Waals surface area contributed by atoms with Gasteiger partial charge in [-0.25, -0.2) is 0 Å². The molecular weight excluding hydrogens is 386 g/mol. The number of benzene rings is 3. The van der Waals surface area contributed by atoms with Crippen molar-refractivity contribution in [1.29, 1.82) is 0 Å². The first-order valence-electron chi connectivity index (χ1n) is 9.39. The Balaban J connectivity index is 1.50. The van der Waals surface area contributed by atoms with Crippen LogP contribution in [0.5, 0.6) is 11.5 Å².